The first-order chi connectivity index (χ1) is 15.4. The number of hydrogen-bond donors (Lipinski definition) is 1. The molecule has 3 atom stereocenters. The highest BCUT2D eigenvalue weighted by Gasteiger charge is 2.61. The van der Waals surface area contributed by atoms with Gasteiger partial charge in [0, 0.05) is 19.5 Å². The lowest BCUT2D eigenvalue weighted by Gasteiger charge is -2.49. The zero-order chi connectivity index (χ0) is 25.9. The molecule has 0 aromatic carbocycles. The van der Waals surface area contributed by atoms with Crippen molar-refractivity contribution in [3.63, 3.8) is 0 Å². The van der Waals surface area contributed by atoms with Crippen LogP contribution in [0.25, 0.3) is 0 Å². The minimum Gasteiger partial charge on any atom is -0.465 e. The van der Waals surface area contributed by atoms with Gasteiger partial charge >= 0.3 is 18.2 Å². The van der Waals surface area contributed by atoms with Crippen molar-refractivity contribution >= 4 is 26.2 Å². The highest BCUT2D eigenvalue weighted by atomic mass is 28.4. The van der Waals surface area contributed by atoms with Crippen molar-refractivity contribution in [2.45, 2.75) is 88.1 Å². The van der Waals surface area contributed by atoms with Crippen LogP contribution in [0.4, 0.5) is 22.4 Å². The van der Waals surface area contributed by atoms with E-state index < -0.39 is 62.7 Å². The van der Waals surface area contributed by atoms with Crippen molar-refractivity contribution < 1.29 is 41.5 Å². The molecule has 2 heterocycles. The van der Waals surface area contributed by atoms with E-state index in [1.165, 1.54) is 4.90 Å². The summed E-state index contributed by atoms with van der Waals surface area (Å²) in [4.78, 5) is 40.1. The van der Waals surface area contributed by atoms with Crippen molar-refractivity contribution in [3.05, 3.63) is 0 Å². The zero-order valence-electron chi connectivity index (χ0n) is 20.1. The molecule has 1 spiro atoms. The normalized spacial score (nSPS) is 27.3. The molecule has 13 heteroatoms. The van der Waals surface area contributed by atoms with Crippen LogP contribution in [0.15, 0.2) is 0 Å². The summed E-state index contributed by atoms with van der Waals surface area (Å²) in [5.41, 5.74) is -1.14. The van der Waals surface area contributed by atoms with E-state index in [2.05, 4.69) is 0 Å². The van der Waals surface area contributed by atoms with Crippen LogP contribution in [-0.4, -0.2) is 102 Å². The molecular weight excluding hydrogens is 478 g/mol. The summed E-state index contributed by atoms with van der Waals surface area (Å²) in [6.45, 7) is 8.82. The molecule has 8 nitrogen and oxygen atoms in total. The summed E-state index contributed by atoms with van der Waals surface area (Å²) >= 11 is 0. The maximum Gasteiger partial charge on any atom is 0.471 e. The Morgan fingerprint density at radius 1 is 1.09 bits per heavy atom. The fraction of sp³-hybridized carbons (Fsp3) is 0.857. The quantitative estimate of drug-likeness (QED) is 0.462. The molecule has 194 valence electrons. The average molecular weight is 512 g/mol. The van der Waals surface area contributed by atoms with E-state index in [1.807, 2.05) is 33.9 Å². The SMILES string of the molecule is CC(C)(C)[Si](C)(C)OC[C@@H]1CN(C(=O)C(F)(F)F)C2(CC2)CN1C(=O)[C@@H]1C[C@@H](F)CN1C(=O)O. The van der Waals surface area contributed by atoms with Crippen LogP contribution in [0.1, 0.15) is 40.0 Å². The topological polar surface area (TPSA) is 90.4 Å². The third-order valence-electron chi connectivity index (χ3n) is 7.69. The number of amides is 3. The van der Waals surface area contributed by atoms with E-state index in [9.17, 15) is 37.1 Å². The average Bonchev–Trinajstić information content (AvgIpc) is 3.34. The second-order valence-corrected chi connectivity index (χ2v) is 15.9. The summed E-state index contributed by atoms with van der Waals surface area (Å²) in [6, 6.07) is -2.17. The molecule has 1 N–H and O–H groups in total. The van der Waals surface area contributed by atoms with Crippen molar-refractivity contribution in [3.8, 4) is 0 Å². The van der Waals surface area contributed by atoms with Gasteiger partial charge in [-0.25, -0.2) is 9.18 Å². The fourth-order valence-corrected chi connectivity index (χ4v) is 5.44. The minimum absolute atomic E-state index is 0.0984. The van der Waals surface area contributed by atoms with Crippen molar-refractivity contribution in [1.82, 2.24) is 14.7 Å². The van der Waals surface area contributed by atoms with Gasteiger partial charge < -0.3 is 19.3 Å². The third-order valence-corrected chi connectivity index (χ3v) is 12.2. The molecule has 3 fully saturated rings. The Morgan fingerprint density at radius 3 is 2.15 bits per heavy atom. The van der Waals surface area contributed by atoms with E-state index in [-0.39, 0.29) is 31.2 Å². The number of nitrogens with zero attached hydrogens (tertiary/aromatic N) is 3. The molecule has 2 saturated heterocycles. The number of carbonyl (C=O) groups is 3. The van der Waals surface area contributed by atoms with E-state index in [0.717, 1.165) is 9.80 Å². The zero-order valence-corrected chi connectivity index (χ0v) is 21.1. The number of likely N-dealkylation sites (tertiary alicyclic amines) is 1. The van der Waals surface area contributed by atoms with E-state index in [0.29, 0.717) is 12.8 Å². The molecular formula is C21H33F4N3O5Si. The Morgan fingerprint density at radius 2 is 1.68 bits per heavy atom. The van der Waals surface area contributed by atoms with Gasteiger partial charge in [0.05, 0.1) is 24.7 Å². The van der Waals surface area contributed by atoms with Crippen LogP contribution in [0, 0.1) is 0 Å². The Labute approximate surface area is 197 Å². The Balaban J connectivity index is 1.90. The van der Waals surface area contributed by atoms with E-state index in [1.54, 1.807) is 0 Å². The largest absolute Gasteiger partial charge is 0.471 e. The summed E-state index contributed by atoms with van der Waals surface area (Å²) in [6.07, 6.45) is -7.70. The number of rotatable bonds is 4. The van der Waals surface area contributed by atoms with Crippen molar-refractivity contribution in [2.24, 2.45) is 0 Å². The first-order valence-electron chi connectivity index (χ1n) is 11.4. The monoisotopic (exact) mass is 511 g/mol. The lowest BCUT2D eigenvalue weighted by Crippen LogP contribution is -2.67. The van der Waals surface area contributed by atoms with Gasteiger partial charge in [-0.1, -0.05) is 20.8 Å². The van der Waals surface area contributed by atoms with Gasteiger partial charge in [-0.3, -0.25) is 14.5 Å². The van der Waals surface area contributed by atoms with Crippen molar-refractivity contribution in [2.75, 3.05) is 26.2 Å². The molecule has 0 radical (unpaired) electrons. The summed E-state index contributed by atoms with van der Waals surface area (Å²) < 4.78 is 60.2. The number of hydrogen-bond acceptors (Lipinski definition) is 4. The summed E-state index contributed by atoms with van der Waals surface area (Å²) in [5.74, 6) is -2.61. The van der Waals surface area contributed by atoms with Gasteiger partial charge in [-0.05, 0) is 31.0 Å². The minimum atomic E-state index is -5.06. The standard InChI is InChI=1S/C21H33F4N3O5Si/c1-19(2,3)34(4,5)33-11-14-10-28(17(30)21(23,24)25)20(6-7-20)12-27(14)16(29)15-8-13(22)9-26(15)18(31)32/h13-15H,6-12H2,1-5H3,(H,31,32)/t13-,14+,15+/m1/s1. The third kappa shape index (κ3) is 5.04. The molecule has 34 heavy (non-hydrogen) atoms. The second-order valence-electron chi connectivity index (χ2n) is 11.1. The molecule has 1 aliphatic carbocycles. The number of alkyl halides is 4. The van der Waals surface area contributed by atoms with Crippen molar-refractivity contribution in [1.29, 1.82) is 0 Å². The predicted octanol–water partition coefficient (Wildman–Crippen LogP) is 3.23. The number of halogens is 4. The molecule has 2 aliphatic heterocycles. The van der Waals surface area contributed by atoms with Crippen LogP contribution < -0.4 is 0 Å². The van der Waals surface area contributed by atoms with Gasteiger partial charge in [0.2, 0.25) is 5.91 Å². The van der Waals surface area contributed by atoms with Gasteiger partial charge in [0.15, 0.2) is 8.32 Å². The first kappa shape index (κ1) is 26.7. The lowest BCUT2D eigenvalue weighted by molar-refractivity contribution is -0.194. The van der Waals surface area contributed by atoms with Crippen LogP contribution in [0.5, 0.6) is 0 Å². The van der Waals surface area contributed by atoms with Gasteiger partial charge in [0.1, 0.15) is 12.2 Å². The fourth-order valence-electron chi connectivity index (χ4n) is 4.40. The predicted molar refractivity (Wildman–Crippen MR) is 116 cm³/mol. The van der Waals surface area contributed by atoms with Gasteiger partial charge in [0.25, 0.3) is 0 Å². The Kier molecular flexibility index (Phi) is 6.79. The van der Waals surface area contributed by atoms with Gasteiger partial charge in [-0.2, -0.15) is 13.2 Å². The highest BCUT2D eigenvalue weighted by Crippen LogP contribution is 2.47. The lowest BCUT2D eigenvalue weighted by atomic mass is 10.0. The van der Waals surface area contributed by atoms with Crippen LogP contribution >= 0.6 is 0 Å². The molecule has 1 saturated carbocycles. The van der Waals surface area contributed by atoms with E-state index >= 15 is 0 Å². The number of carbonyl (C=O) groups excluding carboxylic acids is 2. The summed E-state index contributed by atoms with van der Waals surface area (Å²) in [5, 5.41) is 9.22. The number of carboxylic acid groups (broad SMARTS) is 1. The molecule has 0 unspecified atom stereocenters. The molecule has 0 aromatic heterocycles. The molecule has 3 amide bonds. The Bertz CT molecular complexity index is 843. The van der Waals surface area contributed by atoms with E-state index in [4.69, 9.17) is 4.43 Å². The summed E-state index contributed by atoms with van der Waals surface area (Å²) in [7, 11) is -2.36. The molecule has 0 aromatic rings. The Hall–Kier alpha value is -1.89. The van der Waals surface area contributed by atoms with Gasteiger partial charge in [-0.15, -0.1) is 0 Å². The highest BCUT2D eigenvalue weighted by molar-refractivity contribution is 6.74. The maximum absolute atomic E-state index is 14.0. The molecule has 0 bridgehead atoms. The molecule has 3 rings (SSSR count). The smallest absolute Gasteiger partial charge is 0.465 e. The maximum atomic E-state index is 14.0. The second kappa shape index (κ2) is 8.65. The first-order valence-corrected chi connectivity index (χ1v) is 14.3. The van der Waals surface area contributed by atoms with Crippen LogP contribution in [0.3, 0.4) is 0 Å². The van der Waals surface area contributed by atoms with Crippen LogP contribution in [-0.2, 0) is 14.0 Å². The van der Waals surface area contributed by atoms with Crippen LogP contribution in [0.2, 0.25) is 18.1 Å². The molecule has 3 aliphatic rings. The number of piperazine rings is 1.